The van der Waals surface area contributed by atoms with Crippen LogP contribution >= 0.6 is 0 Å². The normalized spacial score (nSPS) is 14.2. The quantitative estimate of drug-likeness (QED) is 0.525. The molecule has 7 heteroatoms. The van der Waals surface area contributed by atoms with E-state index < -0.39 is 11.7 Å². The minimum absolute atomic E-state index is 0.243. The van der Waals surface area contributed by atoms with Crippen molar-refractivity contribution >= 4 is 28.4 Å². The van der Waals surface area contributed by atoms with Crippen LogP contribution < -0.4 is 10.2 Å². The molecule has 0 radical (unpaired) electrons. The average molecular weight is 378 g/mol. The van der Waals surface area contributed by atoms with E-state index in [9.17, 15) is 9.59 Å². The first-order valence-electron chi connectivity index (χ1n) is 9.31. The first-order valence-corrected chi connectivity index (χ1v) is 9.31. The summed E-state index contributed by atoms with van der Waals surface area (Å²) < 4.78 is 5.39. The summed E-state index contributed by atoms with van der Waals surface area (Å²) in [7, 11) is 0. The van der Waals surface area contributed by atoms with Crippen LogP contribution in [0.2, 0.25) is 0 Å². The van der Waals surface area contributed by atoms with Gasteiger partial charge in [0.15, 0.2) is 0 Å². The molecular formula is C21H22N4O3. The van der Waals surface area contributed by atoms with Gasteiger partial charge >= 0.3 is 0 Å². The van der Waals surface area contributed by atoms with Crippen molar-refractivity contribution in [2.45, 2.75) is 13.5 Å². The molecule has 0 saturated carbocycles. The topological polar surface area (TPSA) is 87.3 Å². The van der Waals surface area contributed by atoms with Gasteiger partial charge in [0.2, 0.25) is 0 Å². The lowest BCUT2D eigenvalue weighted by molar-refractivity contribution is -0.117. The fourth-order valence-electron chi connectivity index (χ4n) is 3.57. The Bertz CT molecular complexity index is 1020. The number of pyridine rings is 1. The number of hydrogen-bond acceptors (Lipinski definition) is 5. The first-order chi connectivity index (χ1) is 13.6. The molecule has 144 valence electrons. The number of Topliss-reactive ketones (excluding diaryl/α,β-unsaturated/α-hetero) is 1. The van der Waals surface area contributed by atoms with E-state index in [1.54, 1.807) is 13.1 Å². The van der Waals surface area contributed by atoms with Gasteiger partial charge in [-0.2, -0.15) is 0 Å². The molecule has 3 heterocycles. The van der Waals surface area contributed by atoms with Gasteiger partial charge in [-0.25, -0.2) is 4.98 Å². The maximum Gasteiger partial charge on any atom is 0.292 e. The Hall–Kier alpha value is -3.19. The standard InChI is InChI=1S/C21H22N4O3/c1-14-18(16-6-2-3-7-17(16)24-14)19(26)21(27)23-13-15-5-4-8-22-20(15)25-9-11-28-12-10-25/h2-8,24H,9-13H2,1H3,(H,23,27). The van der Waals surface area contributed by atoms with E-state index >= 15 is 0 Å². The van der Waals surface area contributed by atoms with E-state index in [1.165, 1.54) is 0 Å². The fourth-order valence-corrected chi connectivity index (χ4v) is 3.57. The van der Waals surface area contributed by atoms with E-state index in [0.717, 1.165) is 35.4 Å². The lowest BCUT2D eigenvalue weighted by Crippen LogP contribution is -2.38. The number of carbonyl (C=O) groups excluding carboxylic acids is 2. The number of nitrogens with one attached hydrogen (secondary N) is 2. The number of para-hydroxylation sites is 1. The third-order valence-electron chi connectivity index (χ3n) is 4.94. The summed E-state index contributed by atoms with van der Waals surface area (Å²) in [5.41, 5.74) is 2.84. The molecule has 7 nitrogen and oxygen atoms in total. The maximum atomic E-state index is 12.8. The van der Waals surface area contributed by atoms with Gasteiger partial charge in [0.25, 0.3) is 11.7 Å². The molecule has 0 atom stereocenters. The zero-order valence-electron chi connectivity index (χ0n) is 15.7. The zero-order chi connectivity index (χ0) is 19.5. The Morgan fingerprint density at radius 2 is 1.96 bits per heavy atom. The number of aryl methyl sites for hydroxylation is 1. The average Bonchev–Trinajstić information content (AvgIpc) is 3.08. The van der Waals surface area contributed by atoms with Gasteiger partial charge < -0.3 is 19.9 Å². The summed E-state index contributed by atoms with van der Waals surface area (Å²) in [5, 5.41) is 3.52. The van der Waals surface area contributed by atoms with Gasteiger partial charge in [0, 0.05) is 48.0 Å². The van der Waals surface area contributed by atoms with E-state index in [1.807, 2.05) is 36.4 Å². The van der Waals surface area contributed by atoms with Crippen molar-refractivity contribution in [3.63, 3.8) is 0 Å². The molecule has 0 aliphatic carbocycles. The number of aromatic amines is 1. The van der Waals surface area contributed by atoms with Gasteiger partial charge in [0.1, 0.15) is 5.82 Å². The lowest BCUT2D eigenvalue weighted by atomic mass is 10.1. The van der Waals surface area contributed by atoms with Crippen molar-refractivity contribution < 1.29 is 14.3 Å². The van der Waals surface area contributed by atoms with E-state index in [-0.39, 0.29) is 6.54 Å². The summed E-state index contributed by atoms with van der Waals surface area (Å²) in [6, 6.07) is 11.2. The number of carbonyl (C=O) groups is 2. The molecule has 1 aliphatic heterocycles. The van der Waals surface area contributed by atoms with E-state index in [4.69, 9.17) is 4.74 Å². The zero-order valence-corrected chi connectivity index (χ0v) is 15.7. The molecule has 0 bridgehead atoms. The van der Waals surface area contributed by atoms with Crippen LogP contribution in [0.25, 0.3) is 10.9 Å². The van der Waals surface area contributed by atoms with Crippen LogP contribution in [0.1, 0.15) is 21.6 Å². The van der Waals surface area contributed by atoms with Crippen LogP contribution in [0.3, 0.4) is 0 Å². The summed E-state index contributed by atoms with van der Waals surface area (Å²) in [5.74, 6) is -0.335. The molecule has 0 unspecified atom stereocenters. The third-order valence-corrected chi connectivity index (χ3v) is 4.94. The summed E-state index contributed by atoms with van der Waals surface area (Å²) in [6.07, 6.45) is 1.73. The third kappa shape index (κ3) is 3.48. The number of H-pyrrole nitrogens is 1. The van der Waals surface area contributed by atoms with Gasteiger partial charge in [-0.15, -0.1) is 0 Å². The summed E-state index contributed by atoms with van der Waals surface area (Å²) in [4.78, 5) is 35.1. The maximum absolute atomic E-state index is 12.8. The Kier molecular flexibility index (Phi) is 5.08. The van der Waals surface area contributed by atoms with Crippen LogP contribution in [0.15, 0.2) is 42.6 Å². The minimum atomic E-state index is -0.621. The molecule has 1 fully saturated rings. The number of anilines is 1. The Morgan fingerprint density at radius 3 is 2.79 bits per heavy atom. The molecule has 4 rings (SSSR count). The number of benzene rings is 1. The minimum Gasteiger partial charge on any atom is -0.378 e. The molecule has 1 saturated heterocycles. The second-order valence-electron chi connectivity index (χ2n) is 6.77. The molecule has 2 N–H and O–H groups in total. The van der Waals surface area contributed by atoms with Gasteiger partial charge in [0.05, 0.1) is 18.8 Å². The van der Waals surface area contributed by atoms with Gasteiger partial charge in [-0.1, -0.05) is 24.3 Å². The molecule has 1 aliphatic rings. The van der Waals surface area contributed by atoms with Crippen molar-refractivity contribution in [1.82, 2.24) is 15.3 Å². The highest BCUT2D eigenvalue weighted by molar-refractivity contribution is 6.45. The number of morpholine rings is 1. The number of ketones is 1. The van der Waals surface area contributed by atoms with Gasteiger partial charge in [-0.05, 0) is 19.1 Å². The smallest absolute Gasteiger partial charge is 0.292 e. The van der Waals surface area contributed by atoms with E-state index in [2.05, 4.69) is 20.2 Å². The second kappa shape index (κ2) is 7.82. The molecular weight excluding hydrogens is 356 g/mol. The SMILES string of the molecule is Cc1[nH]c2ccccc2c1C(=O)C(=O)NCc1cccnc1N1CCOCC1. The van der Waals surface area contributed by atoms with Crippen molar-refractivity contribution in [3.8, 4) is 0 Å². The number of fused-ring (bicyclic) bond motifs is 1. The summed E-state index contributed by atoms with van der Waals surface area (Å²) >= 11 is 0. The highest BCUT2D eigenvalue weighted by Gasteiger charge is 2.23. The molecule has 28 heavy (non-hydrogen) atoms. The van der Waals surface area contributed by atoms with Crippen LogP contribution in [0.4, 0.5) is 5.82 Å². The van der Waals surface area contributed by atoms with Crippen LogP contribution in [0, 0.1) is 6.92 Å². The second-order valence-corrected chi connectivity index (χ2v) is 6.77. The monoisotopic (exact) mass is 378 g/mol. The fraction of sp³-hybridized carbons (Fsp3) is 0.286. The Labute approximate surface area is 162 Å². The molecule has 1 amide bonds. The predicted octanol–water partition coefficient (Wildman–Crippen LogP) is 2.21. The first kappa shape index (κ1) is 18.2. The Balaban J connectivity index is 1.50. The van der Waals surface area contributed by atoms with Crippen molar-refractivity contribution in [2.75, 3.05) is 31.2 Å². The number of aromatic nitrogens is 2. The number of ether oxygens (including phenoxy) is 1. The highest BCUT2D eigenvalue weighted by Crippen LogP contribution is 2.23. The van der Waals surface area contributed by atoms with Crippen LogP contribution in [-0.2, 0) is 16.1 Å². The summed E-state index contributed by atoms with van der Waals surface area (Å²) in [6.45, 7) is 4.86. The van der Waals surface area contributed by atoms with Crippen LogP contribution in [0.5, 0.6) is 0 Å². The van der Waals surface area contributed by atoms with E-state index in [0.29, 0.717) is 24.5 Å². The van der Waals surface area contributed by atoms with Crippen molar-refractivity contribution in [2.24, 2.45) is 0 Å². The van der Waals surface area contributed by atoms with Gasteiger partial charge in [-0.3, -0.25) is 9.59 Å². The van der Waals surface area contributed by atoms with Crippen LogP contribution in [-0.4, -0.2) is 48.0 Å². The number of hydrogen-bond donors (Lipinski definition) is 2. The number of rotatable bonds is 5. The molecule has 3 aromatic rings. The number of amides is 1. The molecule has 1 aromatic carbocycles. The predicted molar refractivity (Wildman–Crippen MR) is 106 cm³/mol. The molecule has 2 aromatic heterocycles. The highest BCUT2D eigenvalue weighted by atomic mass is 16.5. The largest absolute Gasteiger partial charge is 0.378 e. The van der Waals surface area contributed by atoms with Crippen molar-refractivity contribution in [3.05, 3.63) is 59.4 Å². The molecule has 0 spiro atoms. The number of nitrogens with zero attached hydrogens (tertiary/aromatic N) is 2. The van der Waals surface area contributed by atoms with Crippen molar-refractivity contribution in [1.29, 1.82) is 0 Å². The Morgan fingerprint density at radius 1 is 1.18 bits per heavy atom. The lowest BCUT2D eigenvalue weighted by Gasteiger charge is -2.29.